The van der Waals surface area contributed by atoms with E-state index in [1.807, 2.05) is 28.8 Å². The van der Waals surface area contributed by atoms with Gasteiger partial charge in [0.25, 0.3) is 11.8 Å². The lowest BCUT2D eigenvalue weighted by atomic mass is 9.99. The van der Waals surface area contributed by atoms with Crippen LogP contribution >= 0.6 is 11.3 Å². The molecule has 4 aliphatic heterocycles. The van der Waals surface area contributed by atoms with Gasteiger partial charge in [-0.3, -0.25) is 34.8 Å². The minimum Gasteiger partial charge on any atom is -0.369 e. The van der Waals surface area contributed by atoms with Crippen LogP contribution in [0.25, 0.3) is 11.1 Å². The number of halogens is 2. The summed E-state index contributed by atoms with van der Waals surface area (Å²) < 4.78 is 32.7. The van der Waals surface area contributed by atoms with Gasteiger partial charge in [-0.1, -0.05) is 12.1 Å². The van der Waals surface area contributed by atoms with Crippen molar-refractivity contribution in [1.29, 1.82) is 0 Å². The molecule has 56 heavy (non-hydrogen) atoms. The zero-order valence-corrected chi connectivity index (χ0v) is 30.9. The highest BCUT2D eigenvalue weighted by Crippen LogP contribution is 2.38. The van der Waals surface area contributed by atoms with Crippen LogP contribution in [0.3, 0.4) is 0 Å². The van der Waals surface area contributed by atoms with Gasteiger partial charge in [-0.05, 0) is 54.3 Å². The summed E-state index contributed by atoms with van der Waals surface area (Å²) >= 11 is 1.27. The van der Waals surface area contributed by atoms with E-state index >= 15 is 4.39 Å². The van der Waals surface area contributed by atoms with Gasteiger partial charge in [0, 0.05) is 91.9 Å². The molecule has 1 atom stereocenters. The van der Waals surface area contributed by atoms with E-state index in [-0.39, 0.29) is 36.5 Å². The van der Waals surface area contributed by atoms with E-state index in [4.69, 9.17) is 0 Å². The van der Waals surface area contributed by atoms with Crippen LogP contribution in [0.1, 0.15) is 51.8 Å². The summed E-state index contributed by atoms with van der Waals surface area (Å²) in [6.07, 6.45) is 6.18. The van der Waals surface area contributed by atoms with Crippen LogP contribution in [0.2, 0.25) is 0 Å². The van der Waals surface area contributed by atoms with E-state index in [1.165, 1.54) is 27.2 Å². The predicted molar refractivity (Wildman–Crippen MR) is 203 cm³/mol. The number of nitrogens with one attached hydrogen (secondary N) is 2. The predicted octanol–water partition coefficient (Wildman–Crippen LogP) is 4.73. The van der Waals surface area contributed by atoms with Crippen LogP contribution in [-0.2, 0) is 35.6 Å². The fourth-order valence-electron chi connectivity index (χ4n) is 7.95. The number of nitrogens with zero attached hydrogens (tertiary/aromatic N) is 8. The molecule has 0 aliphatic carbocycles. The lowest BCUT2D eigenvalue weighted by Crippen LogP contribution is -2.50. The maximum atomic E-state index is 15.9. The molecule has 7 heterocycles. The van der Waals surface area contributed by atoms with Crippen LogP contribution in [0.5, 0.6) is 0 Å². The second-order valence-corrected chi connectivity index (χ2v) is 15.1. The summed E-state index contributed by atoms with van der Waals surface area (Å²) in [5.74, 6) is -1.92. The second-order valence-electron chi connectivity index (χ2n) is 14.2. The van der Waals surface area contributed by atoms with Crippen molar-refractivity contribution in [2.24, 2.45) is 0 Å². The highest BCUT2D eigenvalue weighted by Gasteiger charge is 2.42. The van der Waals surface area contributed by atoms with Crippen molar-refractivity contribution in [3.63, 3.8) is 0 Å². The van der Waals surface area contributed by atoms with Crippen LogP contribution in [0, 0.1) is 11.6 Å². The van der Waals surface area contributed by atoms with Crippen molar-refractivity contribution in [3.8, 4) is 11.1 Å². The number of rotatable bonds is 9. The smallest absolute Gasteiger partial charge is 0.329 e. The number of pyridine rings is 1. The van der Waals surface area contributed by atoms with Gasteiger partial charge in [-0.2, -0.15) is 0 Å². The first-order chi connectivity index (χ1) is 27.2. The largest absolute Gasteiger partial charge is 0.369 e. The molecular weight excluding hydrogens is 743 g/mol. The third-order valence-electron chi connectivity index (χ3n) is 10.9. The third-order valence-corrected chi connectivity index (χ3v) is 11.6. The normalized spacial score (nSPS) is 17.6. The number of carbonyl (C=O) groups excluding carboxylic acids is 4. The number of fused-ring (bicyclic) bond motifs is 2. The molecule has 0 spiro atoms. The Hall–Kier alpha value is -6.07. The average molecular weight is 779 g/mol. The monoisotopic (exact) mass is 778 g/mol. The number of imide groups is 1. The number of aryl methyl sites for hydroxylation is 1. The number of benzene rings is 2. The number of imidazole rings is 1. The minimum absolute atomic E-state index is 0.0693. The molecule has 14 nitrogen and oxygen atoms in total. The van der Waals surface area contributed by atoms with Gasteiger partial charge in [0.15, 0.2) is 11.2 Å². The number of piperazine rings is 1. The maximum Gasteiger partial charge on any atom is 0.329 e. The Morgan fingerprint density at radius 3 is 2.50 bits per heavy atom. The first kappa shape index (κ1) is 35.6. The Morgan fingerprint density at radius 2 is 1.73 bits per heavy atom. The zero-order valence-electron chi connectivity index (χ0n) is 30.1. The fraction of sp³-hybridized carbons (Fsp3) is 0.308. The van der Waals surface area contributed by atoms with Gasteiger partial charge in [-0.25, -0.2) is 28.5 Å². The van der Waals surface area contributed by atoms with Gasteiger partial charge >= 0.3 is 6.03 Å². The number of thiazole rings is 1. The summed E-state index contributed by atoms with van der Waals surface area (Å²) in [5, 5.41) is 7.24. The molecule has 4 aliphatic rings. The number of urea groups is 1. The summed E-state index contributed by atoms with van der Waals surface area (Å²) in [7, 11) is 0. The molecule has 9 rings (SSSR count). The number of anilines is 3. The number of amides is 5. The number of aromatic nitrogens is 4. The minimum atomic E-state index is -1.06. The number of hydrogen-bond acceptors (Lipinski definition) is 10. The molecule has 2 fully saturated rings. The topological polar surface area (TPSA) is 149 Å². The summed E-state index contributed by atoms with van der Waals surface area (Å²) in [6, 6.07) is 10.8. The first-order valence-corrected chi connectivity index (χ1v) is 19.3. The molecule has 2 N–H and O–H groups in total. The van der Waals surface area contributed by atoms with Gasteiger partial charge in [0.05, 0.1) is 24.8 Å². The lowest BCUT2D eigenvalue weighted by molar-refractivity contribution is -0.121. The Morgan fingerprint density at radius 1 is 0.911 bits per heavy atom. The first-order valence-electron chi connectivity index (χ1n) is 18.4. The van der Waals surface area contributed by atoms with Crippen LogP contribution in [0.4, 0.5) is 30.2 Å². The van der Waals surface area contributed by atoms with Crippen molar-refractivity contribution in [2.45, 2.75) is 44.9 Å². The van der Waals surface area contributed by atoms with E-state index < -0.39 is 35.5 Å². The molecule has 17 heteroatoms. The van der Waals surface area contributed by atoms with Gasteiger partial charge < -0.3 is 14.4 Å². The maximum absolute atomic E-state index is 15.9. The zero-order chi connectivity index (χ0) is 38.5. The molecule has 3 aromatic heterocycles. The second kappa shape index (κ2) is 14.5. The van der Waals surface area contributed by atoms with Crippen molar-refractivity contribution in [3.05, 3.63) is 106 Å². The van der Waals surface area contributed by atoms with Gasteiger partial charge in [0.1, 0.15) is 17.5 Å². The van der Waals surface area contributed by atoms with Crippen molar-refractivity contribution >= 4 is 51.7 Å². The fourth-order valence-corrected chi connectivity index (χ4v) is 8.49. The molecule has 286 valence electrons. The molecular formula is C39H36F2N10O4S. The average Bonchev–Trinajstić information content (AvgIpc) is 4.01. The van der Waals surface area contributed by atoms with Crippen molar-refractivity contribution in [2.75, 3.05) is 47.8 Å². The lowest BCUT2D eigenvalue weighted by Gasteiger charge is -2.36. The molecule has 1 unspecified atom stereocenters. The number of carbonyl (C=O) groups is 4. The Labute approximate surface area is 323 Å². The van der Waals surface area contributed by atoms with E-state index in [0.717, 1.165) is 42.5 Å². The Balaban J connectivity index is 0.876. The summed E-state index contributed by atoms with van der Waals surface area (Å²) in [6.45, 7) is 3.93. The van der Waals surface area contributed by atoms with Crippen molar-refractivity contribution < 1.29 is 28.0 Å². The molecule has 0 saturated carbocycles. The molecule has 2 aromatic carbocycles. The van der Waals surface area contributed by atoms with Gasteiger partial charge in [0.2, 0.25) is 5.91 Å². The molecule has 0 radical (unpaired) electrons. The van der Waals surface area contributed by atoms with Crippen LogP contribution in [0.15, 0.2) is 66.6 Å². The van der Waals surface area contributed by atoms with E-state index in [2.05, 4.69) is 35.4 Å². The molecule has 5 amide bonds. The highest BCUT2D eigenvalue weighted by molar-refractivity contribution is 7.13. The Bertz CT molecular complexity index is 2360. The SMILES string of the molecule is O=C1CCN(c2cc(CN3CCN(c4ccc(-c5cc(F)c6c(c5)C(=O)N(C(C(=O)Nc5nccs5)c5ncn7c5CCC7)C6)cc4)CC3)c(F)cn2)C(=O)N1. The molecule has 0 bridgehead atoms. The Kier molecular flexibility index (Phi) is 9.25. The van der Waals surface area contributed by atoms with Crippen LogP contribution in [-0.4, -0.2) is 85.8 Å². The quantitative estimate of drug-likeness (QED) is 0.217. The number of hydrogen-bond donors (Lipinski definition) is 2. The van der Waals surface area contributed by atoms with E-state index in [0.29, 0.717) is 60.5 Å². The molecule has 2 saturated heterocycles. The van der Waals surface area contributed by atoms with E-state index in [1.54, 1.807) is 30.0 Å². The summed E-state index contributed by atoms with van der Waals surface area (Å²) in [5.41, 5.74) is 4.53. The van der Waals surface area contributed by atoms with Crippen molar-refractivity contribution in [1.82, 2.24) is 34.6 Å². The molecule has 5 aromatic rings. The van der Waals surface area contributed by atoms with E-state index in [9.17, 15) is 23.6 Å². The highest BCUT2D eigenvalue weighted by atomic mass is 32.1. The summed E-state index contributed by atoms with van der Waals surface area (Å²) in [4.78, 5) is 71.6. The third kappa shape index (κ3) is 6.66. The van der Waals surface area contributed by atoms with Gasteiger partial charge in [-0.15, -0.1) is 11.3 Å². The van der Waals surface area contributed by atoms with Crippen LogP contribution < -0.4 is 20.4 Å². The standard InChI is InChI=1S/C39H36F2N10O4S/c40-29-17-24(16-27-28(29)21-51(37(27)54)35(36(53)46-38-42-8-15-56-38)34-31-2-1-9-49(31)22-44-34)23-3-5-26(6-4-23)48-13-11-47(12-14-48)20-25-18-32(43-19-30(25)41)50-10-7-33(52)45-39(50)55/h3-6,8,15-19,22,35H,1-2,7,9-14,20-21H2,(H,42,46,53)(H,45,52,55).